The molecule has 0 aromatic rings. The van der Waals surface area contributed by atoms with Gasteiger partial charge in [0.1, 0.15) is 5.54 Å². The third kappa shape index (κ3) is 2.02. The molecule has 2 fully saturated rings. The number of nitriles is 1. The Morgan fingerprint density at radius 2 is 2.07 bits per heavy atom. The van der Waals surface area contributed by atoms with Crippen molar-refractivity contribution < 1.29 is 0 Å². The molecule has 3 heteroatoms. The molecule has 1 N–H and O–H groups in total. The molecule has 0 amide bonds. The molecule has 2 aliphatic carbocycles. The van der Waals surface area contributed by atoms with Gasteiger partial charge in [0.2, 0.25) is 0 Å². The minimum Gasteiger partial charge on any atom is -0.301 e. The maximum atomic E-state index is 9.37. The van der Waals surface area contributed by atoms with Crippen molar-refractivity contribution in [1.82, 2.24) is 10.2 Å². The van der Waals surface area contributed by atoms with Crippen LogP contribution in [0.2, 0.25) is 0 Å². The lowest BCUT2D eigenvalue weighted by atomic mass is 9.88. The summed E-state index contributed by atoms with van der Waals surface area (Å²) in [5, 5.41) is 12.6. The van der Waals surface area contributed by atoms with Gasteiger partial charge in [0.05, 0.1) is 6.07 Å². The number of hydrogen-bond donors (Lipinski definition) is 1. The quantitative estimate of drug-likeness (QED) is 0.740. The van der Waals surface area contributed by atoms with Crippen LogP contribution in [-0.2, 0) is 0 Å². The molecule has 0 heterocycles. The maximum absolute atomic E-state index is 9.37. The van der Waals surface area contributed by atoms with E-state index >= 15 is 0 Å². The average Bonchev–Trinajstić information content (AvgIpc) is 2.95. The molecule has 2 rings (SSSR count). The van der Waals surface area contributed by atoms with Gasteiger partial charge in [0.15, 0.2) is 0 Å². The van der Waals surface area contributed by atoms with Gasteiger partial charge >= 0.3 is 0 Å². The van der Waals surface area contributed by atoms with Gasteiger partial charge in [-0.05, 0) is 45.7 Å². The molecule has 0 radical (unpaired) electrons. The van der Waals surface area contributed by atoms with Gasteiger partial charge in [0.25, 0.3) is 0 Å². The molecule has 2 saturated carbocycles. The number of rotatable bonds is 5. The van der Waals surface area contributed by atoms with Crippen LogP contribution < -0.4 is 5.32 Å². The van der Waals surface area contributed by atoms with Crippen molar-refractivity contribution in [2.24, 2.45) is 5.92 Å². The van der Waals surface area contributed by atoms with Crippen molar-refractivity contribution in [3.63, 3.8) is 0 Å². The average molecular weight is 207 g/mol. The first kappa shape index (κ1) is 10.9. The third-order valence-electron chi connectivity index (χ3n) is 4.12. The van der Waals surface area contributed by atoms with E-state index in [1.165, 1.54) is 32.1 Å². The minimum atomic E-state index is -0.287. The van der Waals surface area contributed by atoms with Crippen molar-refractivity contribution in [3.05, 3.63) is 0 Å². The Balaban J connectivity index is 1.96. The van der Waals surface area contributed by atoms with E-state index in [-0.39, 0.29) is 5.54 Å². The van der Waals surface area contributed by atoms with Crippen LogP contribution in [-0.4, -0.2) is 37.1 Å². The molecule has 15 heavy (non-hydrogen) atoms. The van der Waals surface area contributed by atoms with Gasteiger partial charge in [-0.15, -0.1) is 0 Å². The molecule has 0 aromatic heterocycles. The molecule has 0 spiro atoms. The van der Waals surface area contributed by atoms with E-state index in [9.17, 15) is 5.26 Å². The number of nitrogens with zero attached hydrogens (tertiary/aromatic N) is 2. The predicted molar refractivity (Wildman–Crippen MR) is 60.4 cm³/mol. The molecule has 0 bridgehead atoms. The standard InChI is InChI=1S/C12H21N3/c1-14-12(8-13,10-6-7-10)9-15(2)11-4-3-5-11/h10-11,14H,3-7,9H2,1-2H3. The Morgan fingerprint density at radius 1 is 1.40 bits per heavy atom. The van der Waals surface area contributed by atoms with Crippen LogP contribution in [0.5, 0.6) is 0 Å². The Morgan fingerprint density at radius 3 is 2.40 bits per heavy atom. The number of nitrogens with one attached hydrogen (secondary N) is 1. The fraction of sp³-hybridized carbons (Fsp3) is 0.917. The summed E-state index contributed by atoms with van der Waals surface area (Å²) in [5.74, 6) is 0.579. The largest absolute Gasteiger partial charge is 0.301 e. The van der Waals surface area contributed by atoms with E-state index in [0.29, 0.717) is 5.92 Å². The predicted octanol–water partition coefficient (Wildman–Crippen LogP) is 1.36. The zero-order valence-electron chi connectivity index (χ0n) is 9.79. The van der Waals surface area contributed by atoms with Crippen molar-refractivity contribution in [2.45, 2.75) is 43.7 Å². The highest BCUT2D eigenvalue weighted by Crippen LogP contribution is 2.40. The Labute approximate surface area is 92.4 Å². The fourth-order valence-corrected chi connectivity index (χ4v) is 2.52. The summed E-state index contributed by atoms with van der Waals surface area (Å²) < 4.78 is 0. The second-order valence-corrected chi connectivity index (χ2v) is 5.11. The highest BCUT2D eigenvalue weighted by atomic mass is 15.2. The van der Waals surface area contributed by atoms with Crippen molar-refractivity contribution >= 4 is 0 Å². The van der Waals surface area contributed by atoms with Crippen molar-refractivity contribution in [1.29, 1.82) is 5.26 Å². The lowest BCUT2D eigenvalue weighted by molar-refractivity contribution is 0.125. The van der Waals surface area contributed by atoms with Crippen LogP contribution in [0.3, 0.4) is 0 Å². The molecule has 0 aliphatic heterocycles. The number of hydrogen-bond acceptors (Lipinski definition) is 3. The molecule has 1 atom stereocenters. The summed E-state index contributed by atoms with van der Waals surface area (Å²) in [6, 6.07) is 3.24. The zero-order chi connectivity index (χ0) is 10.9. The van der Waals surface area contributed by atoms with Crippen LogP contribution in [0, 0.1) is 17.2 Å². The normalized spacial score (nSPS) is 25.7. The summed E-state index contributed by atoms with van der Waals surface area (Å²) >= 11 is 0. The lowest BCUT2D eigenvalue weighted by Gasteiger charge is -2.39. The van der Waals surface area contributed by atoms with E-state index in [0.717, 1.165) is 12.6 Å². The van der Waals surface area contributed by atoms with Crippen LogP contribution >= 0.6 is 0 Å². The summed E-state index contributed by atoms with van der Waals surface area (Å²) in [5.41, 5.74) is -0.287. The molecule has 0 aromatic carbocycles. The highest BCUT2D eigenvalue weighted by Gasteiger charge is 2.46. The second kappa shape index (κ2) is 4.11. The molecular weight excluding hydrogens is 186 g/mol. The molecular formula is C12H21N3. The van der Waals surface area contributed by atoms with Gasteiger partial charge < -0.3 is 10.2 Å². The molecule has 0 saturated heterocycles. The van der Waals surface area contributed by atoms with Gasteiger partial charge in [-0.25, -0.2) is 0 Å². The first-order chi connectivity index (χ1) is 7.22. The third-order valence-corrected chi connectivity index (χ3v) is 4.12. The molecule has 1 unspecified atom stereocenters. The van der Waals surface area contributed by atoms with Gasteiger partial charge in [-0.3, -0.25) is 0 Å². The first-order valence-corrected chi connectivity index (χ1v) is 6.02. The number of likely N-dealkylation sites (N-methyl/N-ethyl adjacent to an activating group) is 2. The Bertz CT molecular complexity index is 263. The van der Waals surface area contributed by atoms with Gasteiger partial charge in [-0.2, -0.15) is 5.26 Å². The SMILES string of the molecule is CNC(C#N)(CN(C)C1CCC1)C1CC1. The van der Waals surface area contributed by atoms with E-state index < -0.39 is 0 Å². The Kier molecular flexibility index (Phi) is 2.99. The topological polar surface area (TPSA) is 39.1 Å². The van der Waals surface area contributed by atoms with Crippen LogP contribution in [0.25, 0.3) is 0 Å². The van der Waals surface area contributed by atoms with E-state index in [4.69, 9.17) is 0 Å². The smallest absolute Gasteiger partial charge is 0.122 e. The van der Waals surface area contributed by atoms with E-state index in [2.05, 4.69) is 23.3 Å². The van der Waals surface area contributed by atoms with Gasteiger partial charge in [-0.1, -0.05) is 6.42 Å². The summed E-state index contributed by atoms with van der Waals surface area (Å²) in [6.07, 6.45) is 6.41. The van der Waals surface area contributed by atoms with Gasteiger partial charge in [0, 0.05) is 12.6 Å². The molecule has 3 nitrogen and oxygen atoms in total. The fourth-order valence-electron chi connectivity index (χ4n) is 2.52. The van der Waals surface area contributed by atoms with Crippen LogP contribution in [0.4, 0.5) is 0 Å². The van der Waals surface area contributed by atoms with Crippen molar-refractivity contribution in [3.8, 4) is 6.07 Å². The lowest BCUT2D eigenvalue weighted by Crippen LogP contribution is -2.55. The summed E-state index contributed by atoms with van der Waals surface area (Å²) in [7, 11) is 4.09. The minimum absolute atomic E-state index is 0.287. The van der Waals surface area contributed by atoms with Crippen LogP contribution in [0.15, 0.2) is 0 Å². The highest BCUT2D eigenvalue weighted by molar-refractivity contribution is 5.16. The zero-order valence-corrected chi connectivity index (χ0v) is 9.79. The Hall–Kier alpha value is -0.590. The first-order valence-electron chi connectivity index (χ1n) is 6.02. The van der Waals surface area contributed by atoms with E-state index in [1.54, 1.807) is 0 Å². The molecule has 2 aliphatic rings. The second-order valence-electron chi connectivity index (χ2n) is 5.11. The maximum Gasteiger partial charge on any atom is 0.122 e. The summed E-state index contributed by atoms with van der Waals surface area (Å²) in [4.78, 5) is 2.38. The van der Waals surface area contributed by atoms with Crippen LogP contribution in [0.1, 0.15) is 32.1 Å². The monoisotopic (exact) mass is 207 g/mol. The molecule has 84 valence electrons. The van der Waals surface area contributed by atoms with E-state index in [1.807, 2.05) is 7.05 Å². The summed E-state index contributed by atoms with van der Waals surface area (Å²) in [6.45, 7) is 0.884. The van der Waals surface area contributed by atoms with Crippen molar-refractivity contribution in [2.75, 3.05) is 20.6 Å².